The van der Waals surface area contributed by atoms with Crippen LogP contribution in [0, 0.1) is 15.9 Å². The number of ether oxygens (including phenoxy) is 3. The molecule has 0 saturated carbocycles. The molecule has 4 heterocycles. The Bertz CT molecular complexity index is 2850. The average molecular weight is 1360 g/mol. The van der Waals surface area contributed by atoms with Crippen molar-refractivity contribution in [1.29, 1.82) is 0 Å². The second-order valence-electron chi connectivity index (χ2n) is 22.2. The summed E-state index contributed by atoms with van der Waals surface area (Å²) in [5.74, 6) is -2.93. The van der Waals surface area contributed by atoms with E-state index in [0.29, 0.717) is 153 Å². The van der Waals surface area contributed by atoms with E-state index < -0.39 is 55.4 Å². The van der Waals surface area contributed by atoms with Crippen LogP contribution in [0.25, 0.3) is 10.9 Å². The minimum Gasteiger partial charge on any atom is -0.494 e. The number of amides is 5. The number of halogens is 3. The Morgan fingerprint density at radius 2 is 1.44 bits per heavy atom. The van der Waals surface area contributed by atoms with Crippen LogP contribution in [0.15, 0.2) is 59.8 Å². The van der Waals surface area contributed by atoms with Crippen LogP contribution in [0.3, 0.4) is 0 Å². The lowest BCUT2D eigenvalue weighted by Crippen LogP contribution is -2.51. The molecule has 486 valence electrons. The first-order chi connectivity index (χ1) is 43.0. The number of carboxylic acid groups (broad SMARTS) is 1. The second kappa shape index (κ2) is 38.4. The van der Waals surface area contributed by atoms with Crippen molar-refractivity contribution in [2.75, 3.05) is 138 Å². The SMILES string of the molecule is C#C[C@H]1CC(F)(F)CN1C(=O)CNC(=O)c1ccnc2ccc(OCCCCN3CCN(C(=O)CC/C=N\NC(CCCCNC(=O)CCCc4ccc(I)cc4)NC(=O)CN4CCN(COC=O)CCN(COC=O)CCN(CC(=O)O)CC4)CC3)cc12. The molecule has 2 aromatic carbocycles. The largest absolute Gasteiger partial charge is 0.494 e. The van der Waals surface area contributed by atoms with E-state index in [9.17, 15) is 52.2 Å². The van der Waals surface area contributed by atoms with Crippen molar-refractivity contribution >= 4 is 88.2 Å². The van der Waals surface area contributed by atoms with Gasteiger partial charge in [0.25, 0.3) is 24.8 Å². The van der Waals surface area contributed by atoms with Gasteiger partial charge in [-0.05, 0) is 122 Å². The quantitative estimate of drug-likeness (QED) is 0.0109. The van der Waals surface area contributed by atoms with Crippen LogP contribution >= 0.6 is 22.6 Å². The van der Waals surface area contributed by atoms with Crippen molar-refractivity contribution in [2.45, 2.75) is 88.8 Å². The van der Waals surface area contributed by atoms with Crippen LogP contribution in [-0.4, -0.2) is 255 Å². The Labute approximate surface area is 532 Å². The van der Waals surface area contributed by atoms with Crippen molar-refractivity contribution in [1.82, 2.24) is 60.7 Å². The Balaban J connectivity index is 0.934. The number of nitrogens with zero attached hydrogens (tertiary/aromatic N) is 9. The highest BCUT2D eigenvalue weighted by Crippen LogP contribution is 2.32. The molecular weight excluding hydrogens is 1270 g/mol. The summed E-state index contributed by atoms with van der Waals surface area (Å²) >= 11 is 2.26. The summed E-state index contributed by atoms with van der Waals surface area (Å²) in [5, 5.41) is 23.2. The van der Waals surface area contributed by atoms with Crippen molar-refractivity contribution < 1.29 is 66.5 Å². The zero-order valence-corrected chi connectivity index (χ0v) is 52.5. The summed E-state index contributed by atoms with van der Waals surface area (Å²) in [6, 6.07) is 13.9. The lowest BCUT2D eigenvalue weighted by atomic mass is 10.1. The van der Waals surface area contributed by atoms with Gasteiger partial charge in [-0.2, -0.15) is 5.10 Å². The summed E-state index contributed by atoms with van der Waals surface area (Å²) in [4.78, 5) is 117. The standard InChI is InChI=1S/C61H84F2IN13O12/c1-2-49-38-61(62,63)42-77(49)58(83)39-67-60(86)51-19-22-65-53-18-17-50(37-52(51)53)89-36-6-5-23-71-32-34-76(35-33-71)57(82)12-8-21-68-70-54(10-3-4-20-66-55(80)11-7-9-47-13-15-48(64)16-14-47)69-56(81)40-72-24-25-73(41-59(84)85)27-29-75(44-88-46-79)31-30-74(28-26-72)43-87-45-78/h1,13-19,21-22,37,45-46,49,54,70H,3-12,20,23-36,38-44H2,(H,66,80)(H,67,86)(H,69,81)(H,84,85)/b68-21-/t49-,54?/m0/s1. The van der Waals surface area contributed by atoms with Crippen LogP contribution in [-0.2, 0) is 49.5 Å². The van der Waals surface area contributed by atoms with Gasteiger partial charge >= 0.3 is 5.97 Å². The number of pyridine rings is 1. The monoisotopic (exact) mass is 1360 g/mol. The number of aromatic nitrogens is 1. The van der Waals surface area contributed by atoms with Crippen LogP contribution in [0.2, 0.25) is 0 Å². The molecule has 25 nitrogen and oxygen atoms in total. The van der Waals surface area contributed by atoms with Gasteiger partial charge < -0.3 is 45.1 Å². The molecular formula is C61H84F2IN13O12. The highest BCUT2D eigenvalue weighted by atomic mass is 127. The third kappa shape index (κ3) is 26.1. The van der Waals surface area contributed by atoms with Gasteiger partial charge in [-0.3, -0.25) is 73.3 Å². The second-order valence-corrected chi connectivity index (χ2v) is 23.4. The lowest BCUT2D eigenvalue weighted by molar-refractivity contribution is -0.139. The predicted octanol–water partition coefficient (Wildman–Crippen LogP) is 2.42. The summed E-state index contributed by atoms with van der Waals surface area (Å²) in [6.07, 6.45) is 13.1. The van der Waals surface area contributed by atoms with Crippen molar-refractivity contribution in [2.24, 2.45) is 5.10 Å². The minimum absolute atomic E-state index is 0.00362. The number of carbonyl (C=O) groups excluding carboxylic acids is 7. The van der Waals surface area contributed by atoms with Gasteiger partial charge in [0.2, 0.25) is 23.6 Å². The Kier molecular flexibility index (Phi) is 30.6. The van der Waals surface area contributed by atoms with Crippen molar-refractivity contribution in [3.8, 4) is 18.1 Å². The molecule has 3 aromatic rings. The zero-order valence-electron chi connectivity index (χ0n) is 50.4. The summed E-state index contributed by atoms with van der Waals surface area (Å²) in [7, 11) is 0. The van der Waals surface area contributed by atoms with Crippen molar-refractivity contribution in [3.63, 3.8) is 0 Å². The van der Waals surface area contributed by atoms with E-state index in [1.807, 2.05) is 31.7 Å². The number of benzene rings is 2. The van der Waals surface area contributed by atoms with E-state index in [1.165, 1.54) is 17.8 Å². The van der Waals surface area contributed by atoms with Gasteiger partial charge in [0.1, 0.15) is 25.4 Å². The van der Waals surface area contributed by atoms with Gasteiger partial charge in [0.05, 0.1) is 49.9 Å². The first-order valence-corrected chi connectivity index (χ1v) is 31.3. The average Bonchev–Trinajstić information content (AvgIpc) is 2.10. The molecule has 0 spiro atoms. The molecule has 6 rings (SSSR count). The molecule has 3 aliphatic heterocycles. The Morgan fingerprint density at radius 3 is 2.10 bits per heavy atom. The number of unbranched alkanes of at least 4 members (excludes halogenated alkanes) is 2. The summed E-state index contributed by atoms with van der Waals surface area (Å²) in [6.45, 7) is 6.52. The van der Waals surface area contributed by atoms with E-state index in [0.717, 1.165) is 40.7 Å². The number of nitrogens with one attached hydrogen (secondary N) is 4. The van der Waals surface area contributed by atoms with Crippen LogP contribution in [0.4, 0.5) is 8.78 Å². The zero-order chi connectivity index (χ0) is 63.8. The van der Waals surface area contributed by atoms with Gasteiger partial charge in [-0.15, -0.1) is 6.42 Å². The van der Waals surface area contributed by atoms with Gasteiger partial charge in [-0.25, -0.2) is 8.78 Å². The van der Waals surface area contributed by atoms with E-state index in [2.05, 4.69) is 77.0 Å². The molecule has 1 aromatic heterocycles. The third-order valence-corrected chi connectivity index (χ3v) is 16.2. The smallest absolute Gasteiger partial charge is 0.317 e. The fourth-order valence-corrected chi connectivity index (χ4v) is 10.9. The van der Waals surface area contributed by atoms with E-state index >= 15 is 0 Å². The number of hydrogen-bond acceptors (Lipinski definition) is 19. The van der Waals surface area contributed by atoms with Crippen LogP contribution < -0.4 is 26.1 Å². The highest BCUT2D eigenvalue weighted by Gasteiger charge is 2.46. The number of carboxylic acids is 1. The van der Waals surface area contributed by atoms with E-state index in [4.69, 9.17) is 20.6 Å². The number of carbonyl (C=O) groups is 8. The molecule has 28 heteroatoms. The summed E-state index contributed by atoms with van der Waals surface area (Å²) < 4.78 is 45.2. The number of hydrazone groups is 1. The number of hydrogen-bond donors (Lipinski definition) is 5. The van der Waals surface area contributed by atoms with Gasteiger partial charge in [0.15, 0.2) is 0 Å². The molecule has 3 aliphatic rings. The highest BCUT2D eigenvalue weighted by molar-refractivity contribution is 14.1. The number of likely N-dealkylation sites (tertiary alicyclic amines) is 1. The topological polar surface area (TPSA) is 281 Å². The maximum atomic E-state index is 14.0. The molecule has 3 saturated heterocycles. The molecule has 0 radical (unpaired) electrons. The number of rotatable bonds is 34. The Hall–Kier alpha value is -7.17. The van der Waals surface area contributed by atoms with Gasteiger partial charge in [0, 0.05) is 126 Å². The molecule has 5 amide bonds. The van der Waals surface area contributed by atoms with Crippen LogP contribution in [0.1, 0.15) is 80.1 Å². The molecule has 89 heavy (non-hydrogen) atoms. The maximum Gasteiger partial charge on any atom is 0.317 e. The molecule has 3 fully saturated rings. The number of alkyl halides is 2. The van der Waals surface area contributed by atoms with Crippen LogP contribution in [0.5, 0.6) is 5.75 Å². The predicted molar refractivity (Wildman–Crippen MR) is 335 cm³/mol. The maximum absolute atomic E-state index is 14.0. The number of aryl methyl sites for hydroxylation is 1. The number of aliphatic carboxylic acids is 1. The molecule has 1 unspecified atom stereocenters. The first kappa shape index (κ1) is 70.9. The lowest BCUT2D eigenvalue weighted by Gasteiger charge is -2.34. The fourth-order valence-electron chi connectivity index (χ4n) is 10.5. The number of fused-ring (bicyclic) bond motifs is 1. The molecule has 5 N–H and O–H groups in total. The first-order valence-electron chi connectivity index (χ1n) is 30.2. The van der Waals surface area contributed by atoms with E-state index in [1.54, 1.807) is 29.3 Å². The van der Waals surface area contributed by atoms with E-state index in [-0.39, 0.29) is 56.3 Å². The minimum atomic E-state index is -3.09. The number of piperazine rings is 1. The van der Waals surface area contributed by atoms with Gasteiger partial charge in [-0.1, -0.05) is 18.1 Å². The normalized spacial score (nSPS) is 17.8. The molecule has 2 atom stereocenters. The summed E-state index contributed by atoms with van der Waals surface area (Å²) in [5.41, 5.74) is 5.03. The fraction of sp³-hybridized carbons (Fsp3) is 0.574. The molecule has 0 aliphatic carbocycles. The molecule has 0 bridgehead atoms. The number of terminal acetylenes is 1. The third-order valence-electron chi connectivity index (χ3n) is 15.5. The van der Waals surface area contributed by atoms with Crippen molar-refractivity contribution in [3.05, 3.63) is 69.4 Å². The Morgan fingerprint density at radius 1 is 0.775 bits per heavy atom.